The highest BCUT2D eigenvalue weighted by Crippen LogP contribution is 2.36. The van der Waals surface area contributed by atoms with Gasteiger partial charge in [0, 0.05) is 31.6 Å². The number of phenols is 1. The number of benzene rings is 2. The van der Waals surface area contributed by atoms with E-state index in [0.29, 0.717) is 50.7 Å². The van der Waals surface area contributed by atoms with Gasteiger partial charge in [0.05, 0.1) is 32.3 Å². The highest BCUT2D eigenvalue weighted by Gasteiger charge is 2.23. The summed E-state index contributed by atoms with van der Waals surface area (Å²) in [7, 11) is 1.78. The second-order valence-electron chi connectivity index (χ2n) is 10.3. The van der Waals surface area contributed by atoms with Crippen molar-refractivity contribution < 1.29 is 14.7 Å². The third-order valence-corrected chi connectivity index (χ3v) is 7.29. The van der Waals surface area contributed by atoms with Gasteiger partial charge in [0.1, 0.15) is 5.75 Å². The zero-order valence-electron chi connectivity index (χ0n) is 20.8. The van der Waals surface area contributed by atoms with Crippen LogP contribution in [0.15, 0.2) is 24.3 Å². The molecule has 192 valence electrons. The van der Waals surface area contributed by atoms with Crippen molar-refractivity contribution in [2.24, 2.45) is 18.4 Å². The third kappa shape index (κ3) is 5.39. The number of hydrogen-bond acceptors (Lipinski definition) is 5. The maximum Gasteiger partial charge on any atom is 0.255 e. The first-order valence-corrected chi connectivity index (χ1v) is 12.7. The average Bonchev–Trinajstić information content (AvgIpc) is 3.07. The lowest BCUT2D eigenvalue weighted by Gasteiger charge is -2.25. The Bertz CT molecular complexity index is 1330. The largest absolute Gasteiger partial charge is 0.507 e. The number of nitrogens with zero attached hydrogens (tertiary/aromatic N) is 2. The number of carbonyl (C=O) groups excluding carboxylic acids is 2. The highest BCUT2D eigenvalue weighted by atomic mass is 35.5. The summed E-state index contributed by atoms with van der Waals surface area (Å²) in [6, 6.07) is 6.56. The molecule has 8 nitrogen and oxygen atoms in total. The number of rotatable bonds is 7. The Morgan fingerprint density at radius 3 is 2.53 bits per heavy atom. The Morgan fingerprint density at radius 1 is 1.17 bits per heavy atom. The summed E-state index contributed by atoms with van der Waals surface area (Å²) in [5.41, 5.74) is 1.97. The predicted octanol–water partition coefficient (Wildman–Crippen LogP) is 5.52. The number of halogens is 2. The molecule has 1 aliphatic carbocycles. The van der Waals surface area contributed by atoms with Gasteiger partial charge < -0.3 is 25.6 Å². The molecule has 0 aliphatic heterocycles. The molecule has 1 aliphatic rings. The molecular formula is C26H31Cl2N5O3. The van der Waals surface area contributed by atoms with Crippen LogP contribution in [-0.2, 0) is 18.4 Å². The zero-order chi connectivity index (χ0) is 26.2. The number of amides is 2. The maximum absolute atomic E-state index is 12.6. The molecule has 1 heterocycles. The van der Waals surface area contributed by atoms with E-state index in [1.807, 2.05) is 20.8 Å². The van der Waals surface area contributed by atoms with Crippen LogP contribution >= 0.6 is 23.2 Å². The second-order valence-corrected chi connectivity index (χ2v) is 11.1. The van der Waals surface area contributed by atoms with Crippen LogP contribution in [0.2, 0.25) is 10.0 Å². The molecule has 4 rings (SSSR count). The number of aromatic nitrogens is 2. The molecular weight excluding hydrogens is 501 g/mol. The van der Waals surface area contributed by atoms with Crippen molar-refractivity contribution in [1.29, 1.82) is 0 Å². The van der Waals surface area contributed by atoms with E-state index in [4.69, 9.17) is 23.2 Å². The van der Waals surface area contributed by atoms with E-state index in [1.54, 1.807) is 29.8 Å². The molecule has 1 saturated carbocycles. The second kappa shape index (κ2) is 10.2. The molecule has 2 aromatic carbocycles. The van der Waals surface area contributed by atoms with E-state index in [-0.39, 0.29) is 29.7 Å². The minimum atomic E-state index is -0.522. The van der Waals surface area contributed by atoms with Gasteiger partial charge in [0.2, 0.25) is 11.9 Å². The zero-order valence-corrected chi connectivity index (χ0v) is 22.3. The van der Waals surface area contributed by atoms with Crippen LogP contribution in [0.5, 0.6) is 5.75 Å². The topological polar surface area (TPSA) is 108 Å². The maximum atomic E-state index is 12.6. The summed E-state index contributed by atoms with van der Waals surface area (Å²) < 4.78 is 1.74. The summed E-state index contributed by atoms with van der Waals surface area (Å²) in [5, 5.41) is 20.2. The van der Waals surface area contributed by atoms with Crippen molar-refractivity contribution in [3.05, 3.63) is 45.4 Å². The highest BCUT2D eigenvalue weighted by molar-refractivity contribution is 6.39. The fraction of sp³-hybridized carbons (Fsp3) is 0.423. The molecule has 0 radical (unpaired) electrons. The Hall–Kier alpha value is -2.97. The predicted molar refractivity (Wildman–Crippen MR) is 143 cm³/mol. The molecule has 4 N–H and O–H groups in total. The Morgan fingerprint density at radius 2 is 1.89 bits per heavy atom. The van der Waals surface area contributed by atoms with E-state index < -0.39 is 5.41 Å². The molecule has 0 unspecified atom stereocenters. The average molecular weight is 532 g/mol. The van der Waals surface area contributed by atoms with Gasteiger partial charge >= 0.3 is 0 Å². The number of imidazole rings is 1. The summed E-state index contributed by atoms with van der Waals surface area (Å²) >= 11 is 13.1. The van der Waals surface area contributed by atoms with Crippen molar-refractivity contribution in [1.82, 2.24) is 20.2 Å². The smallest absolute Gasteiger partial charge is 0.255 e. The van der Waals surface area contributed by atoms with Gasteiger partial charge in [-0.3, -0.25) is 9.59 Å². The number of carbonyl (C=O) groups is 2. The van der Waals surface area contributed by atoms with Crippen LogP contribution in [0.25, 0.3) is 11.0 Å². The van der Waals surface area contributed by atoms with Gasteiger partial charge in [-0.15, -0.1) is 0 Å². The van der Waals surface area contributed by atoms with Crippen LogP contribution in [0.1, 0.15) is 56.0 Å². The first-order valence-electron chi connectivity index (χ1n) is 12.0. The summed E-state index contributed by atoms with van der Waals surface area (Å²) in [4.78, 5) is 29.5. The number of aryl methyl sites for hydroxylation is 1. The Balaban J connectivity index is 1.57. The molecule has 0 atom stereocenters. The minimum Gasteiger partial charge on any atom is -0.507 e. The number of phenolic OH excluding ortho intramolecular Hbond substituents is 1. The van der Waals surface area contributed by atoms with Crippen molar-refractivity contribution in [2.45, 2.75) is 46.6 Å². The van der Waals surface area contributed by atoms with E-state index in [9.17, 15) is 14.7 Å². The quantitative estimate of drug-likeness (QED) is 0.321. The van der Waals surface area contributed by atoms with Crippen LogP contribution in [0, 0.1) is 11.3 Å². The van der Waals surface area contributed by atoms with Crippen LogP contribution in [-0.4, -0.2) is 33.0 Å². The lowest BCUT2D eigenvalue weighted by Crippen LogP contribution is -2.34. The van der Waals surface area contributed by atoms with Gasteiger partial charge in [0.15, 0.2) is 0 Å². The van der Waals surface area contributed by atoms with Crippen LogP contribution in [0.4, 0.5) is 11.6 Å². The molecule has 2 amide bonds. The van der Waals surface area contributed by atoms with Gasteiger partial charge in [-0.05, 0) is 36.5 Å². The molecule has 1 fully saturated rings. The first-order chi connectivity index (χ1) is 17.0. The monoisotopic (exact) mass is 531 g/mol. The summed E-state index contributed by atoms with van der Waals surface area (Å²) in [6.45, 7) is 6.37. The van der Waals surface area contributed by atoms with E-state index in [2.05, 4.69) is 20.9 Å². The molecule has 1 aromatic heterocycles. The SMILES string of the molecule is Cn1c(Nc2c(Cl)ccc(CNC(=O)C(C)(C)C)c2Cl)nc2cc(C(=O)NCC3CCC3)c(O)cc21. The van der Waals surface area contributed by atoms with Crippen molar-refractivity contribution in [3.63, 3.8) is 0 Å². The van der Waals surface area contributed by atoms with Gasteiger partial charge in [-0.1, -0.05) is 56.5 Å². The summed E-state index contributed by atoms with van der Waals surface area (Å²) in [6.07, 6.45) is 3.44. The molecule has 3 aromatic rings. The van der Waals surface area contributed by atoms with Crippen LogP contribution < -0.4 is 16.0 Å². The van der Waals surface area contributed by atoms with Crippen molar-refractivity contribution in [2.75, 3.05) is 11.9 Å². The normalized spacial score (nSPS) is 13.9. The number of hydrogen-bond donors (Lipinski definition) is 4. The molecule has 36 heavy (non-hydrogen) atoms. The number of anilines is 2. The summed E-state index contributed by atoms with van der Waals surface area (Å²) in [5.74, 6) is 0.410. The standard InChI is InChI=1S/C26H31Cl2N5O3/c1-26(2,3)24(36)30-13-15-8-9-17(27)22(21(15)28)32-25-31-18-10-16(20(34)11-19(18)33(25)4)23(35)29-12-14-6-5-7-14/h8-11,14,34H,5-7,12-13H2,1-4H3,(H,29,35)(H,30,36)(H,31,32). The first kappa shape index (κ1) is 26.1. The van der Waals surface area contributed by atoms with Crippen LogP contribution in [0.3, 0.4) is 0 Å². The van der Waals surface area contributed by atoms with Gasteiger partial charge in [0.25, 0.3) is 5.91 Å². The number of aromatic hydroxyl groups is 1. The Labute approximate surface area is 220 Å². The lowest BCUT2D eigenvalue weighted by molar-refractivity contribution is -0.128. The van der Waals surface area contributed by atoms with Gasteiger partial charge in [-0.2, -0.15) is 0 Å². The van der Waals surface area contributed by atoms with Gasteiger partial charge in [-0.25, -0.2) is 4.98 Å². The Kier molecular flexibility index (Phi) is 7.38. The lowest BCUT2D eigenvalue weighted by atomic mass is 9.85. The number of nitrogens with one attached hydrogen (secondary N) is 3. The van der Waals surface area contributed by atoms with E-state index in [1.165, 1.54) is 12.5 Å². The fourth-order valence-electron chi connectivity index (χ4n) is 3.95. The molecule has 0 saturated heterocycles. The van der Waals surface area contributed by atoms with E-state index in [0.717, 1.165) is 12.8 Å². The minimum absolute atomic E-state index is 0.0919. The molecule has 10 heteroatoms. The van der Waals surface area contributed by atoms with Crippen molar-refractivity contribution in [3.8, 4) is 5.75 Å². The molecule has 0 spiro atoms. The number of fused-ring (bicyclic) bond motifs is 1. The fourth-order valence-corrected chi connectivity index (χ4v) is 4.48. The third-order valence-electron chi connectivity index (χ3n) is 6.55. The van der Waals surface area contributed by atoms with E-state index >= 15 is 0 Å². The molecule has 0 bridgehead atoms. The van der Waals surface area contributed by atoms with Crippen molar-refractivity contribution >= 4 is 57.7 Å².